The first-order chi connectivity index (χ1) is 22.0. The molecule has 0 fully saturated rings. The van der Waals surface area contributed by atoms with E-state index in [1.807, 2.05) is 59.5 Å². The highest BCUT2D eigenvalue weighted by atomic mass is 35.5. The number of carbonyl (C=O) groups excluding carboxylic acids is 3. The minimum Gasteiger partial charge on any atom is -0.465 e. The number of anilines is 2. The number of fused-ring (bicyclic) bond motifs is 1. The molecule has 0 aliphatic heterocycles. The van der Waals surface area contributed by atoms with Crippen molar-refractivity contribution in [2.75, 3.05) is 38.2 Å². The average Bonchev–Trinajstić information content (AvgIpc) is 3.04. The van der Waals surface area contributed by atoms with Crippen LogP contribution in [0, 0.1) is 0 Å². The maximum absolute atomic E-state index is 13.4. The van der Waals surface area contributed by atoms with Crippen LogP contribution in [-0.4, -0.2) is 66.9 Å². The first-order valence-corrected chi connectivity index (χ1v) is 15.3. The molecule has 242 valence electrons. The van der Waals surface area contributed by atoms with Crippen LogP contribution in [0.3, 0.4) is 0 Å². The van der Waals surface area contributed by atoms with Crippen molar-refractivity contribution >= 4 is 52.0 Å². The summed E-state index contributed by atoms with van der Waals surface area (Å²) in [6, 6.07) is 23.8. The van der Waals surface area contributed by atoms with Crippen LogP contribution in [-0.2, 0) is 20.8 Å². The van der Waals surface area contributed by atoms with Gasteiger partial charge in [-0.15, -0.1) is 0 Å². The average molecular weight is 647 g/mol. The van der Waals surface area contributed by atoms with E-state index in [0.717, 1.165) is 22.2 Å². The summed E-state index contributed by atoms with van der Waals surface area (Å²) in [5.41, 5.74) is 2.87. The maximum Gasteiger partial charge on any atom is 0.410 e. The first kappa shape index (κ1) is 34.1. The summed E-state index contributed by atoms with van der Waals surface area (Å²) in [5, 5.41) is 4.10. The summed E-state index contributed by atoms with van der Waals surface area (Å²) < 4.78 is 16.0. The van der Waals surface area contributed by atoms with Gasteiger partial charge < -0.3 is 29.3 Å². The molecule has 46 heavy (non-hydrogen) atoms. The standard InChI is InChI=1S/C35H39ClN4O6/c1-35(2,3)46-33(42)38-17-9-19-39(34(43)45-24-25-10-6-5-7-11-25)20-21-40(28-13-8-12-26(22-28)32(41)44-4)31-16-18-37-30-15-14-27(36)23-29(30)31/h5-8,10-16,18,22-23H,9,17,19-21,24H2,1-4H3,(H,38,42). The Morgan fingerprint density at radius 1 is 0.913 bits per heavy atom. The molecule has 0 radical (unpaired) electrons. The normalized spacial score (nSPS) is 11.1. The minimum atomic E-state index is -0.618. The number of pyridine rings is 1. The van der Waals surface area contributed by atoms with Crippen molar-refractivity contribution in [3.05, 3.63) is 101 Å². The van der Waals surface area contributed by atoms with Crippen LogP contribution in [0.5, 0.6) is 0 Å². The lowest BCUT2D eigenvalue weighted by Crippen LogP contribution is -2.40. The molecule has 1 N–H and O–H groups in total. The third-order valence-corrected chi connectivity index (χ3v) is 7.12. The van der Waals surface area contributed by atoms with Crippen molar-refractivity contribution in [3.63, 3.8) is 0 Å². The van der Waals surface area contributed by atoms with Crippen LogP contribution in [0.2, 0.25) is 5.02 Å². The van der Waals surface area contributed by atoms with Crippen LogP contribution in [0.1, 0.15) is 43.1 Å². The molecule has 0 saturated carbocycles. The molecule has 0 unspecified atom stereocenters. The van der Waals surface area contributed by atoms with Crippen LogP contribution >= 0.6 is 11.6 Å². The first-order valence-electron chi connectivity index (χ1n) is 15.0. The number of methoxy groups -OCH3 is 1. The van der Waals surface area contributed by atoms with Gasteiger partial charge in [-0.05, 0) is 75.2 Å². The van der Waals surface area contributed by atoms with Gasteiger partial charge in [0.2, 0.25) is 0 Å². The number of carbonyl (C=O) groups is 3. The minimum absolute atomic E-state index is 0.116. The Morgan fingerprint density at radius 3 is 2.43 bits per heavy atom. The molecule has 10 nitrogen and oxygen atoms in total. The number of halogens is 1. The van der Waals surface area contributed by atoms with Gasteiger partial charge in [0.05, 0.1) is 23.9 Å². The van der Waals surface area contributed by atoms with Gasteiger partial charge in [-0.3, -0.25) is 4.98 Å². The van der Waals surface area contributed by atoms with E-state index in [9.17, 15) is 14.4 Å². The van der Waals surface area contributed by atoms with E-state index in [4.69, 9.17) is 25.8 Å². The van der Waals surface area contributed by atoms with Crippen molar-refractivity contribution in [1.82, 2.24) is 15.2 Å². The molecule has 0 bridgehead atoms. The van der Waals surface area contributed by atoms with E-state index in [-0.39, 0.29) is 13.2 Å². The highest BCUT2D eigenvalue weighted by Crippen LogP contribution is 2.33. The Morgan fingerprint density at radius 2 is 1.70 bits per heavy atom. The molecular formula is C35H39ClN4O6. The Hall–Kier alpha value is -4.83. The number of amides is 2. The number of esters is 1. The number of aromatic nitrogens is 1. The second-order valence-electron chi connectivity index (χ2n) is 11.5. The number of hydrogen-bond donors (Lipinski definition) is 1. The third-order valence-electron chi connectivity index (χ3n) is 6.88. The zero-order valence-electron chi connectivity index (χ0n) is 26.5. The smallest absolute Gasteiger partial charge is 0.410 e. The summed E-state index contributed by atoms with van der Waals surface area (Å²) in [6.45, 7) is 6.70. The van der Waals surface area contributed by atoms with E-state index in [1.165, 1.54) is 7.11 Å². The lowest BCUT2D eigenvalue weighted by Gasteiger charge is -2.30. The Labute approximate surface area is 274 Å². The number of benzene rings is 3. The zero-order valence-corrected chi connectivity index (χ0v) is 27.3. The van der Waals surface area contributed by atoms with Gasteiger partial charge in [0.15, 0.2) is 0 Å². The molecule has 0 aliphatic carbocycles. The topological polar surface area (TPSA) is 110 Å². The molecular weight excluding hydrogens is 608 g/mol. The summed E-state index contributed by atoms with van der Waals surface area (Å²) in [4.78, 5) is 46.1. The number of hydrogen-bond acceptors (Lipinski definition) is 8. The van der Waals surface area contributed by atoms with Crippen LogP contribution in [0.4, 0.5) is 21.0 Å². The Kier molecular flexibility index (Phi) is 11.8. The van der Waals surface area contributed by atoms with Crippen LogP contribution < -0.4 is 10.2 Å². The van der Waals surface area contributed by atoms with Crippen LogP contribution in [0.25, 0.3) is 10.9 Å². The summed E-state index contributed by atoms with van der Waals surface area (Å²) >= 11 is 6.39. The Balaban J connectivity index is 1.59. The molecule has 4 rings (SSSR count). The van der Waals surface area contributed by atoms with Crippen molar-refractivity contribution in [2.45, 2.75) is 39.4 Å². The van der Waals surface area contributed by atoms with Gasteiger partial charge in [-0.2, -0.15) is 0 Å². The highest BCUT2D eigenvalue weighted by Gasteiger charge is 2.21. The van der Waals surface area contributed by atoms with Gasteiger partial charge in [0.25, 0.3) is 0 Å². The lowest BCUT2D eigenvalue weighted by molar-refractivity contribution is 0.0524. The number of rotatable bonds is 12. The second kappa shape index (κ2) is 15.9. The SMILES string of the molecule is COC(=O)c1cccc(N(CCN(CCCNC(=O)OC(C)(C)C)C(=O)OCc2ccccc2)c2ccnc3ccc(Cl)cc23)c1. The number of nitrogens with zero attached hydrogens (tertiary/aromatic N) is 3. The molecule has 0 aliphatic rings. The van der Waals surface area contributed by atoms with Crippen molar-refractivity contribution in [2.24, 2.45) is 0 Å². The second-order valence-corrected chi connectivity index (χ2v) is 11.9. The van der Waals surface area contributed by atoms with E-state index in [0.29, 0.717) is 42.3 Å². The summed E-state index contributed by atoms with van der Waals surface area (Å²) in [5.74, 6) is -0.465. The largest absolute Gasteiger partial charge is 0.465 e. The predicted octanol–water partition coefficient (Wildman–Crippen LogP) is 7.37. The van der Waals surface area contributed by atoms with Gasteiger partial charge in [-0.25, -0.2) is 14.4 Å². The number of alkyl carbamates (subject to hydrolysis) is 1. The number of ether oxygens (including phenoxy) is 3. The Bertz CT molecular complexity index is 1640. The highest BCUT2D eigenvalue weighted by molar-refractivity contribution is 6.31. The maximum atomic E-state index is 13.4. The summed E-state index contributed by atoms with van der Waals surface area (Å²) in [7, 11) is 1.34. The third kappa shape index (κ3) is 9.84. The van der Waals surface area contributed by atoms with E-state index < -0.39 is 23.8 Å². The van der Waals surface area contributed by atoms with Crippen molar-refractivity contribution in [1.29, 1.82) is 0 Å². The van der Waals surface area contributed by atoms with Gasteiger partial charge in [-0.1, -0.05) is 48.0 Å². The molecule has 0 spiro atoms. The monoisotopic (exact) mass is 646 g/mol. The molecule has 4 aromatic rings. The van der Waals surface area contributed by atoms with E-state index >= 15 is 0 Å². The number of nitrogens with one attached hydrogen (secondary N) is 1. The van der Waals surface area contributed by atoms with E-state index in [1.54, 1.807) is 56.1 Å². The molecule has 11 heteroatoms. The van der Waals surface area contributed by atoms with Gasteiger partial charge in [0, 0.05) is 48.5 Å². The fraction of sp³-hybridized carbons (Fsp3) is 0.314. The van der Waals surface area contributed by atoms with Crippen molar-refractivity contribution < 1.29 is 28.6 Å². The van der Waals surface area contributed by atoms with E-state index in [2.05, 4.69) is 10.3 Å². The molecule has 2 amide bonds. The predicted molar refractivity (Wildman–Crippen MR) is 179 cm³/mol. The lowest BCUT2D eigenvalue weighted by atomic mass is 10.1. The van der Waals surface area contributed by atoms with Gasteiger partial charge >= 0.3 is 18.2 Å². The summed E-state index contributed by atoms with van der Waals surface area (Å²) in [6.07, 6.45) is 1.15. The van der Waals surface area contributed by atoms with Gasteiger partial charge in [0.1, 0.15) is 12.2 Å². The fourth-order valence-electron chi connectivity index (χ4n) is 4.75. The van der Waals surface area contributed by atoms with Crippen LogP contribution in [0.15, 0.2) is 85.1 Å². The molecule has 1 heterocycles. The molecule has 0 saturated heterocycles. The molecule has 1 aromatic heterocycles. The quantitative estimate of drug-likeness (QED) is 0.0965. The fourth-order valence-corrected chi connectivity index (χ4v) is 4.92. The molecule has 3 aromatic carbocycles. The zero-order chi connectivity index (χ0) is 33.1. The molecule has 0 atom stereocenters. The van der Waals surface area contributed by atoms with Crippen molar-refractivity contribution in [3.8, 4) is 0 Å².